The highest BCUT2D eigenvalue weighted by atomic mass is 14.9. The average Bonchev–Trinajstić information content (AvgIpc) is 2.59. The Bertz CT molecular complexity index is 471. The van der Waals surface area contributed by atoms with E-state index in [9.17, 15) is 0 Å². The van der Waals surface area contributed by atoms with Crippen LogP contribution in [0.3, 0.4) is 0 Å². The summed E-state index contributed by atoms with van der Waals surface area (Å²) in [4.78, 5) is 7.84. The molecule has 0 amide bonds. The lowest BCUT2D eigenvalue weighted by Crippen LogP contribution is -2.24. The van der Waals surface area contributed by atoms with Crippen molar-refractivity contribution in [3.05, 3.63) is 41.5 Å². The van der Waals surface area contributed by atoms with Gasteiger partial charge in [-0.15, -0.1) is 0 Å². The van der Waals surface area contributed by atoms with Crippen molar-refractivity contribution in [1.82, 2.24) is 15.3 Å². The number of hydrogen-bond acceptors (Lipinski definition) is 2. The molecule has 116 valence electrons. The van der Waals surface area contributed by atoms with E-state index in [4.69, 9.17) is 0 Å². The molecule has 2 rings (SSSR count). The molecule has 1 saturated carbocycles. The van der Waals surface area contributed by atoms with E-state index in [-0.39, 0.29) is 0 Å². The van der Waals surface area contributed by atoms with Crippen LogP contribution in [-0.2, 0) is 13.0 Å². The van der Waals surface area contributed by atoms with Crippen molar-refractivity contribution in [2.45, 2.75) is 58.9 Å². The summed E-state index contributed by atoms with van der Waals surface area (Å²) in [5, 5.41) is 3.61. The molecule has 21 heavy (non-hydrogen) atoms. The summed E-state index contributed by atoms with van der Waals surface area (Å²) in [5.74, 6) is 0.877. The number of aromatic amines is 1. The second-order valence-electron chi connectivity index (χ2n) is 6.10. The molecule has 0 spiro atoms. The molecule has 0 unspecified atom stereocenters. The van der Waals surface area contributed by atoms with Gasteiger partial charge in [-0.05, 0) is 50.3 Å². The molecule has 1 aliphatic carbocycles. The van der Waals surface area contributed by atoms with Gasteiger partial charge in [0.1, 0.15) is 0 Å². The smallest absolute Gasteiger partial charge is 0.0563 e. The third-order valence-electron chi connectivity index (χ3n) is 4.23. The first-order valence-corrected chi connectivity index (χ1v) is 8.36. The number of aryl methyl sites for hydroxylation is 2. The first-order chi connectivity index (χ1) is 10.3. The van der Waals surface area contributed by atoms with Gasteiger partial charge in [-0.1, -0.05) is 32.3 Å². The van der Waals surface area contributed by atoms with E-state index in [1.165, 1.54) is 37.7 Å². The van der Waals surface area contributed by atoms with E-state index < -0.39 is 0 Å². The molecule has 0 bridgehead atoms. The van der Waals surface area contributed by atoms with Gasteiger partial charge in [0.2, 0.25) is 0 Å². The number of aromatic nitrogens is 2. The maximum absolute atomic E-state index is 4.58. The zero-order valence-electron chi connectivity index (χ0n) is 13.5. The number of rotatable bonds is 5. The molecule has 1 aromatic rings. The minimum Gasteiger partial charge on any atom is -0.366 e. The number of hydrogen-bond donors (Lipinski definition) is 2. The summed E-state index contributed by atoms with van der Waals surface area (Å²) in [7, 11) is 0. The third kappa shape index (κ3) is 5.88. The molecule has 0 aromatic carbocycles. The van der Waals surface area contributed by atoms with Gasteiger partial charge in [0.05, 0.1) is 5.69 Å². The summed E-state index contributed by atoms with van der Waals surface area (Å²) >= 11 is 0. The summed E-state index contributed by atoms with van der Waals surface area (Å²) in [6.07, 6.45) is 12.1. The SMILES string of the molecule is CCc1c[nH]cc(CNCC2CCCCC2)ccc(C)n1. The largest absolute Gasteiger partial charge is 0.366 e. The first kappa shape index (κ1) is 16.0. The zero-order valence-corrected chi connectivity index (χ0v) is 13.5. The predicted octanol–water partition coefficient (Wildman–Crippen LogP) is 4.07. The molecule has 0 atom stereocenters. The Labute approximate surface area is 128 Å². The fraction of sp³-hybridized carbons (Fsp3) is 0.611. The van der Waals surface area contributed by atoms with Gasteiger partial charge in [0.15, 0.2) is 0 Å². The molecule has 3 heteroatoms. The predicted molar refractivity (Wildman–Crippen MR) is 88.6 cm³/mol. The molecule has 1 heterocycles. The van der Waals surface area contributed by atoms with E-state index >= 15 is 0 Å². The van der Waals surface area contributed by atoms with Crippen LogP contribution in [0.1, 0.15) is 56.0 Å². The van der Waals surface area contributed by atoms with Crippen LogP contribution in [0, 0.1) is 12.8 Å². The minimum absolute atomic E-state index is 0.877. The summed E-state index contributed by atoms with van der Waals surface area (Å²) in [6, 6.07) is 4.26. The molecular weight excluding hydrogens is 258 g/mol. The fourth-order valence-electron chi connectivity index (χ4n) is 2.92. The Morgan fingerprint density at radius 2 is 2.00 bits per heavy atom. The lowest BCUT2D eigenvalue weighted by Gasteiger charge is -2.21. The van der Waals surface area contributed by atoms with Gasteiger partial charge >= 0.3 is 0 Å². The summed E-state index contributed by atoms with van der Waals surface area (Å²) in [5.41, 5.74) is 3.42. The normalized spacial score (nSPS) is 15.7. The van der Waals surface area contributed by atoms with Crippen molar-refractivity contribution < 1.29 is 0 Å². The van der Waals surface area contributed by atoms with Crippen LogP contribution in [0.15, 0.2) is 24.5 Å². The topological polar surface area (TPSA) is 40.7 Å². The van der Waals surface area contributed by atoms with Crippen molar-refractivity contribution in [2.75, 3.05) is 6.54 Å². The molecule has 1 fully saturated rings. The zero-order chi connectivity index (χ0) is 14.9. The van der Waals surface area contributed by atoms with Crippen LogP contribution >= 0.6 is 0 Å². The Morgan fingerprint density at radius 3 is 2.76 bits per heavy atom. The van der Waals surface area contributed by atoms with Gasteiger partial charge in [-0.3, -0.25) is 4.98 Å². The number of H-pyrrole nitrogens is 1. The minimum atomic E-state index is 0.877. The molecule has 2 N–H and O–H groups in total. The maximum Gasteiger partial charge on any atom is 0.0563 e. The Balaban J connectivity index is 1.94. The van der Waals surface area contributed by atoms with Crippen molar-refractivity contribution in [3.63, 3.8) is 0 Å². The Morgan fingerprint density at radius 1 is 1.19 bits per heavy atom. The van der Waals surface area contributed by atoms with Crippen LogP contribution in [-0.4, -0.2) is 16.5 Å². The number of nitrogens with one attached hydrogen (secondary N) is 2. The van der Waals surface area contributed by atoms with Crippen LogP contribution in [0.5, 0.6) is 0 Å². The third-order valence-corrected chi connectivity index (χ3v) is 4.23. The van der Waals surface area contributed by atoms with Crippen molar-refractivity contribution in [3.8, 4) is 0 Å². The molecular formula is C18H29N3. The lowest BCUT2D eigenvalue weighted by atomic mass is 9.89. The van der Waals surface area contributed by atoms with Gasteiger partial charge in [0, 0.05) is 24.6 Å². The highest BCUT2D eigenvalue weighted by Gasteiger charge is 2.12. The molecule has 0 aliphatic heterocycles. The fourth-order valence-corrected chi connectivity index (χ4v) is 2.92. The van der Waals surface area contributed by atoms with E-state index in [0.29, 0.717) is 0 Å². The molecule has 1 aromatic heterocycles. The van der Waals surface area contributed by atoms with Crippen LogP contribution in [0.4, 0.5) is 0 Å². The second-order valence-corrected chi connectivity index (χ2v) is 6.10. The average molecular weight is 287 g/mol. The molecule has 1 aliphatic rings. The standard InChI is InChI=1S/C18H29N3/c1-3-18-14-20-13-17(10-9-15(2)21-18)12-19-11-16-7-5-4-6-8-16/h9-10,13-14,16,19-20H,3-8,11-12H2,1-2H3. The van der Waals surface area contributed by atoms with Gasteiger partial charge in [-0.2, -0.15) is 0 Å². The van der Waals surface area contributed by atoms with E-state index in [1.54, 1.807) is 0 Å². The van der Waals surface area contributed by atoms with Crippen LogP contribution in [0.25, 0.3) is 0 Å². The first-order valence-electron chi connectivity index (χ1n) is 8.36. The van der Waals surface area contributed by atoms with Gasteiger partial charge < -0.3 is 10.3 Å². The van der Waals surface area contributed by atoms with Crippen molar-refractivity contribution in [1.29, 1.82) is 0 Å². The van der Waals surface area contributed by atoms with E-state index in [2.05, 4.69) is 47.5 Å². The highest BCUT2D eigenvalue weighted by Crippen LogP contribution is 2.22. The quantitative estimate of drug-likeness (QED) is 0.857. The van der Waals surface area contributed by atoms with E-state index in [1.807, 2.05) is 6.20 Å². The van der Waals surface area contributed by atoms with Crippen LogP contribution in [0.2, 0.25) is 0 Å². The summed E-state index contributed by atoms with van der Waals surface area (Å²) < 4.78 is 0. The van der Waals surface area contributed by atoms with Crippen molar-refractivity contribution in [2.24, 2.45) is 5.92 Å². The van der Waals surface area contributed by atoms with Gasteiger partial charge in [0.25, 0.3) is 0 Å². The monoisotopic (exact) mass is 287 g/mol. The number of nitrogens with zero attached hydrogens (tertiary/aromatic N) is 1. The Hall–Kier alpha value is -1.35. The van der Waals surface area contributed by atoms with Crippen molar-refractivity contribution >= 4 is 0 Å². The Kier molecular flexibility index (Phi) is 6.74. The highest BCUT2D eigenvalue weighted by molar-refractivity contribution is 5.11. The maximum atomic E-state index is 4.58. The molecule has 0 radical (unpaired) electrons. The lowest BCUT2D eigenvalue weighted by molar-refractivity contribution is 0.342. The second kappa shape index (κ2) is 8.83. The van der Waals surface area contributed by atoms with E-state index in [0.717, 1.165) is 36.8 Å². The van der Waals surface area contributed by atoms with Gasteiger partial charge in [-0.25, -0.2) is 0 Å². The summed E-state index contributed by atoms with van der Waals surface area (Å²) in [6.45, 7) is 6.25. The molecule has 3 nitrogen and oxygen atoms in total. The molecule has 0 saturated heterocycles. The van der Waals surface area contributed by atoms with Crippen LogP contribution < -0.4 is 5.32 Å².